The number of hydrogen-bond donors (Lipinski definition) is 1. The maximum Gasteiger partial charge on any atom is 0.331 e. The van der Waals surface area contributed by atoms with Gasteiger partial charge in [-0.1, -0.05) is 33.8 Å². The second kappa shape index (κ2) is 4.96. The van der Waals surface area contributed by atoms with Crippen LogP contribution in [0.2, 0.25) is 0 Å². The van der Waals surface area contributed by atoms with Crippen LogP contribution in [0.15, 0.2) is 11.6 Å². The Balaban J connectivity index is 4.34. The van der Waals surface area contributed by atoms with Gasteiger partial charge in [-0.15, -0.1) is 0 Å². The van der Waals surface area contributed by atoms with Gasteiger partial charge in [-0.05, 0) is 18.3 Å². The first-order chi connectivity index (χ1) is 5.43. The summed E-state index contributed by atoms with van der Waals surface area (Å²) in [6, 6.07) is 0. The van der Waals surface area contributed by atoms with E-state index in [4.69, 9.17) is 5.11 Å². The lowest BCUT2D eigenvalue weighted by atomic mass is 10.00. The predicted molar refractivity (Wildman–Crippen MR) is 50.0 cm³/mol. The van der Waals surface area contributed by atoms with E-state index in [0.717, 1.165) is 0 Å². The van der Waals surface area contributed by atoms with Gasteiger partial charge in [0.15, 0.2) is 0 Å². The first-order valence-electron chi connectivity index (χ1n) is 4.37. The normalized spacial score (nSPS) is 12.7. The van der Waals surface area contributed by atoms with Gasteiger partial charge in [0.2, 0.25) is 0 Å². The molecular formula is C10H18O2. The number of carboxylic acids is 1. The number of carbonyl (C=O) groups is 1. The third-order valence-corrected chi connectivity index (χ3v) is 1.44. The molecule has 0 fully saturated rings. The number of rotatable bonds is 4. The summed E-state index contributed by atoms with van der Waals surface area (Å²) in [6.07, 6.45) is 2.48. The lowest BCUT2D eigenvalue weighted by molar-refractivity contribution is -0.132. The minimum absolute atomic E-state index is 0.315. The Labute approximate surface area is 74.3 Å². The number of allylic oxidation sites excluding steroid dienone is 1. The van der Waals surface area contributed by atoms with Gasteiger partial charge in [0.25, 0.3) is 0 Å². The van der Waals surface area contributed by atoms with Crippen molar-refractivity contribution in [2.75, 3.05) is 0 Å². The molecule has 0 rings (SSSR count). The lowest BCUT2D eigenvalue weighted by Crippen LogP contribution is -2.05. The zero-order chi connectivity index (χ0) is 9.72. The van der Waals surface area contributed by atoms with E-state index in [1.54, 1.807) is 0 Å². The van der Waals surface area contributed by atoms with Crippen LogP contribution < -0.4 is 0 Å². The summed E-state index contributed by atoms with van der Waals surface area (Å²) in [7, 11) is 0. The molecule has 0 bridgehead atoms. The summed E-state index contributed by atoms with van der Waals surface area (Å²) < 4.78 is 0. The molecule has 0 unspecified atom stereocenters. The summed E-state index contributed by atoms with van der Waals surface area (Å²) in [5, 5.41) is 8.80. The zero-order valence-electron chi connectivity index (χ0n) is 8.29. The number of aliphatic carboxylic acids is 1. The Morgan fingerprint density at radius 2 is 1.83 bits per heavy atom. The first-order valence-corrected chi connectivity index (χ1v) is 4.37. The number of carboxylic acid groups (broad SMARTS) is 1. The van der Waals surface area contributed by atoms with Crippen LogP contribution in [-0.2, 0) is 4.79 Å². The Bertz CT molecular complexity index is 178. The molecule has 0 spiro atoms. The van der Waals surface area contributed by atoms with Crippen molar-refractivity contribution in [3.8, 4) is 0 Å². The molecule has 0 aliphatic carbocycles. The van der Waals surface area contributed by atoms with Crippen molar-refractivity contribution in [3.05, 3.63) is 11.6 Å². The molecule has 0 heterocycles. The largest absolute Gasteiger partial charge is 0.478 e. The van der Waals surface area contributed by atoms with Crippen molar-refractivity contribution in [2.45, 2.75) is 34.1 Å². The predicted octanol–water partition coefficient (Wildman–Crippen LogP) is 2.70. The monoisotopic (exact) mass is 170 g/mol. The summed E-state index contributed by atoms with van der Waals surface area (Å²) in [5.41, 5.74) is 0.542. The standard InChI is InChI=1S/C10H18O2/c1-7(2)5-9(10(11)12)6-8(3)4/h5,7-8H,6H2,1-4H3,(H,11,12). The van der Waals surface area contributed by atoms with E-state index in [2.05, 4.69) is 0 Å². The highest BCUT2D eigenvalue weighted by molar-refractivity contribution is 5.86. The van der Waals surface area contributed by atoms with E-state index in [9.17, 15) is 4.79 Å². The second-order valence-electron chi connectivity index (χ2n) is 3.84. The van der Waals surface area contributed by atoms with Gasteiger partial charge >= 0.3 is 5.97 Å². The van der Waals surface area contributed by atoms with Gasteiger partial charge in [0.05, 0.1) is 0 Å². The van der Waals surface area contributed by atoms with Gasteiger partial charge in [0, 0.05) is 5.57 Å². The van der Waals surface area contributed by atoms with E-state index in [1.807, 2.05) is 33.8 Å². The van der Waals surface area contributed by atoms with Gasteiger partial charge in [-0.25, -0.2) is 4.79 Å². The molecule has 0 aromatic carbocycles. The fraction of sp³-hybridized carbons (Fsp3) is 0.700. The van der Waals surface area contributed by atoms with Gasteiger partial charge in [-0.3, -0.25) is 0 Å². The lowest BCUT2D eigenvalue weighted by Gasteiger charge is -2.06. The summed E-state index contributed by atoms with van der Waals surface area (Å²) >= 11 is 0. The van der Waals surface area contributed by atoms with Crippen LogP contribution in [0.5, 0.6) is 0 Å². The molecule has 0 atom stereocenters. The first kappa shape index (κ1) is 11.2. The van der Waals surface area contributed by atoms with Crippen molar-refractivity contribution < 1.29 is 9.90 Å². The zero-order valence-corrected chi connectivity index (χ0v) is 8.29. The minimum Gasteiger partial charge on any atom is -0.478 e. The molecule has 12 heavy (non-hydrogen) atoms. The molecule has 0 aromatic heterocycles. The van der Waals surface area contributed by atoms with Crippen molar-refractivity contribution in [3.63, 3.8) is 0 Å². The van der Waals surface area contributed by atoms with E-state index < -0.39 is 5.97 Å². The van der Waals surface area contributed by atoms with Crippen LogP contribution in [0.25, 0.3) is 0 Å². The smallest absolute Gasteiger partial charge is 0.331 e. The van der Waals surface area contributed by atoms with Crippen LogP contribution in [-0.4, -0.2) is 11.1 Å². The molecule has 0 aliphatic heterocycles. The van der Waals surface area contributed by atoms with E-state index in [0.29, 0.717) is 23.8 Å². The van der Waals surface area contributed by atoms with Crippen LogP contribution >= 0.6 is 0 Å². The topological polar surface area (TPSA) is 37.3 Å². The SMILES string of the molecule is CC(C)C=C(CC(C)C)C(=O)O. The van der Waals surface area contributed by atoms with E-state index in [1.165, 1.54) is 0 Å². The summed E-state index contributed by atoms with van der Waals surface area (Å²) in [6.45, 7) is 8.03. The fourth-order valence-electron chi connectivity index (χ4n) is 1.07. The van der Waals surface area contributed by atoms with E-state index >= 15 is 0 Å². The highest BCUT2D eigenvalue weighted by atomic mass is 16.4. The molecule has 2 nitrogen and oxygen atoms in total. The highest BCUT2D eigenvalue weighted by Crippen LogP contribution is 2.13. The molecule has 0 saturated carbocycles. The summed E-state index contributed by atoms with van der Waals surface area (Å²) in [5.74, 6) is -0.0571. The third-order valence-electron chi connectivity index (χ3n) is 1.44. The molecule has 0 radical (unpaired) electrons. The van der Waals surface area contributed by atoms with Crippen molar-refractivity contribution in [2.24, 2.45) is 11.8 Å². The maximum atomic E-state index is 10.7. The molecule has 0 aliphatic rings. The molecule has 1 N–H and O–H groups in total. The molecule has 2 heteroatoms. The molecule has 0 aromatic rings. The fourth-order valence-corrected chi connectivity index (χ4v) is 1.07. The van der Waals surface area contributed by atoms with Crippen LogP contribution in [0.1, 0.15) is 34.1 Å². The Hall–Kier alpha value is -0.790. The van der Waals surface area contributed by atoms with Crippen LogP contribution in [0.4, 0.5) is 0 Å². The average molecular weight is 170 g/mol. The quantitative estimate of drug-likeness (QED) is 0.659. The van der Waals surface area contributed by atoms with Crippen molar-refractivity contribution in [1.29, 1.82) is 0 Å². The maximum absolute atomic E-state index is 10.7. The van der Waals surface area contributed by atoms with Crippen LogP contribution in [0, 0.1) is 11.8 Å². The third kappa shape index (κ3) is 4.94. The van der Waals surface area contributed by atoms with Crippen molar-refractivity contribution >= 4 is 5.97 Å². The molecule has 0 saturated heterocycles. The second-order valence-corrected chi connectivity index (χ2v) is 3.84. The molecule has 0 amide bonds. The summed E-state index contributed by atoms with van der Waals surface area (Å²) in [4.78, 5) is 10.7. The number of hydrogen-bond acceptors (Lipinski definition) is 1. The van der Waals surface area contributed by atoms with Crippen LogP contribution in [0.3, 0.4) is 0 Å². The van der Waals surface area contributed by atoms with Crippen molar-refractivity contribution in [1.82, 2.24) is 0 Å². The molecule has 70 valence electrons. The highest BCUT2D eigenvalue weighted by Gasteiger charge is 2.09. The van der Waals surface area contributed by atoms with E-state index in [-0.39, 0.29) is 0 Å². The van der Waals surface area contributed by atoms with Gasteiger partial charge in [0.1, 0.15) is 0 Å². The Morgan fingerprint density at radius 3 is 2.08 bits per heavy atom. The minimum atomic E-state index is -0.780. The Kier molecular flexibility index (Phi) is 4.64. The van der Waals surface area contributed by atoms with Gasteiger partial charge < -0.3 is 5.11 Å². The molecular weight excluding hydrogens is 152 g/mol. The average Bonchev–Trinajstić information content (AvgIpc) is 1.83. The van der Waals surface area contributed by atoms with Gasteiger partial charge in [-0.2, -0.15) is 0 Å². The Morgan fingerprint density at radius 1 is 1.33 bits per heavy atom.